The first-order valence-corrected chi connectivity index (χ1v) is 9.47. The lowest BCUT2D eigenvalue weighted by Gasteiger charge is -2.19. The minimum Gasteiger partial charge on any atom is -0.350 e. The summed E-state index contributed by atoms with van der Waals surface area (Å²) in [5.41, 5.74) is 6.66. The summed E-state index contributed by atoms with van der Waals surface area (Å²) in [6.45, 7) is 2.70. The van der Waals surface area contributed by atoms with Crippen molar-refractivity contribution >= 4 is 28.4 Å². The third-order valence-corrected chi connectivity index (χ3v) is 5.75. The fraction of sp³-hybridized carbons (Fsp3) is 0.273. The van der Waals surface area contributed by atoms with Crippen molar-refractivity contribution in [3.05, 3.63) is 64.3 Å². The van der Waals surface area contributed by atoms with E-state index in [4.69, 9.17) is 0 Å². The zero-order chi connectivity index (χ0) is 18.5. The molecule has 2 amide bonds. The van der Waals surface area contributed by atoms with Gasteiger partial charge in [0.05, 0.1) is 0 Å². The van der Waals surface area contributed by atoms with Gasteiger partial charge in [-0.1, -0.05) is 13.0 Å². The topological polar surface area (TPSA) is 74.0 Å². The van der Waals surface area contributed by atoms with Crippen molar-refractivity contribution in [1.82, 2.24) is 10.3 Å². The van der Waals surface area contributed by atoms with E-state index >= 15 is 0 Å². The third-order valence-electron chi connectivity index (χ3n) is 5.75. The van der Waals surface area contributed by atoms with E-state index in [-0.39, 0.29) is 17.7 Å². The van der Waals surface area contributed by atoms with Gasteiger partial charge in [0.2, 0.25) is 0 Å². The first kappa shape index (κ1) is 16.1. The van der Waals surface area contributed by atoms with Gasteiger partial charge in [-0.25, -0.2) is 0 Å². The zero-order valence-corrected chi connectivity index (χ0v) is 15.2. The van der Waals surface area contributed by atoms with E-state index in [2.05, 4.69) is 34.7 Å². The van der Waals surface area contributed by atoms with Gasteiger partial charge in [0.15, 0.2) is 0 Å². The lowest BCUT2D eigenvalue weighted by Crippen LogP contribution is -2.33. The lowest BCUT2D eigenvalue weighted by molar-refractivity contribution is 0.0936. The summed E-state index contributed by atoms with van der Waals surface area (Å²) in [5.74, 6) is 0.00243. The lowest BCUT2D eigenvalue weighted by atomic mass is 9.93. The van der Waals surface area contributed by atoms with E-state index in [9.17, 15) is 9.59 Å². The molecule has 5 heteroatoms. The Morgan fingerprint density at radius 2 is 1.96 bits per heavy atom. The number of carbonyl (C=O) groups excluding carboxylic acids is 2. The summed E-state index contributed by atoms with van der Waals surface area (Å²) in [5, 5.41) is 6.86. The number of benzene rings is 2. The molecule has 0 radical (unpaired) electrons. The van der Waals surface area contributed by atoms with Crippen LogP contribution in [0.5, 0.6) is 0 Å². The maximum Gasteiger partial charge on any atom is 0.268 e. The number of fused-ring (bicyclic) bond motifs is 4. The van der Waals surface area contributed by atoms with Gasteiger partial charge in [-0.3, -0.25) is 9.59 Å². The molecule has 1 aliphatic carbocycles. The number of carbonyl (C=O) groups is 2. The molecule has 0 saturated heterocycles. The van der Waals surface area contributed by atoms with Crippen molar-refractivity contribution in [2.75, 3.05) is 11.9 Å². The third kappa shape index (κ3) is 2.62. The summed E-state index contributed by atoms with van der Waals surface area (Å²) in [7, 11) is 0. The largest absolute Gasteiger partial charge is 0.350 e. The molecule has 0 bridgehead atoms. The van der Waals surface area contributed by atoms with Crippen LogP contribution in [-0.4, -0.2) is 23.3 Å². The molecule has 0 saturated carbocycles. The highest BCUT2D eigenvalue weighted by Gasteiger charge is 2.27. The molecule has 5 rings (SSSR count). The molecule has 5 nitrogen and oxygen atoms in total. The van der Waals surface area contributed by atoms with Crippen molar-refractivity contribution in [2.24, 2.45) is 0 Å². The second-order valence-electron chi connectivity index (χ2n) is 7.58. The van der Waals surface area contributed by atoms with Crippen LogP contribution in [0.15, 0.2) is 36.4 Å². The smallest absolute Gasteiger partial charge is 0.268 e. The summed E-state index contributed by atoms with van der Waals surface area (Å²) in [4.78, 5) is 28.1. The van der Waals surface area contributed by atoms with Gasteiger partial charge in [0, 0.05) is 34.6 Å². The van der Waals surface area contributed by atoms with Crippen molar-refractivity contribution in [3.63, 3.8) is 0 Å². The fourth-order valence-corrected chi connectivity index (χ4v) is 4.33. The Morgan fingerprint density at radius 3 is 2.85 bits per heavy atom. The standard InChI is InChI=1S/C22H21N3O2/c1-12-11-23-22(27)20-19(12)17-10-15(6-8-18(17)25-20)21(26)24-16-7-5-13-3-2-4-14(13)9-16/h5-10,12,25H,2-4,11H2,1H3,(H,23,27)(H,24,26). The Morgan fingerprint density at radius 1 is 1.11 bits per heavy atom. The molecule has 136 valence electrons. The van der Waals surface area contributed by atoms with Gasteiger partial charge < -0.3 is 15.6 Å². The predicted octanol–water partition coefficient (Wildman–Crippen LogP) is 3.76. The van der Waals surface area contributed by atoms with Gasteiger partial charge in [-0.05, 0) is 66.3 Å². The van der Waals surface area contributed by atoms with Gasteiger partial charge in [-0.15, -0.1) is 0 Å². The van der Waals surface area contributed by atoms with Crippen LogP contribution in [0.3, 0.4) is 0 Å². The van der Waals surface area contributed by atoms with Gasteiger partial charge in [0.1, 0.15) is 5.69 Å². The first-order chi connectivity index (χ1) is 13.1. The minimum absolute atomic E-state index is 0.0801. The molecule has 2 aliphatic rings. The van der Waals surface area contributed by atoms with Crippen molar-refractivity contribution in [3.8, 4) is 0 Å². The van der Waals surface area contributed by atoms with Gasteiger partial charge in [-0.2, -0.15) is 0 Å². The second-order valence-corrected chi connectivity index (χ2v) is 7.58. The summed E-state index contributed by atoms with van der Waals surface area (Å²) >= 11 is 0. The SMILES string of the molecule is CC1CNC(=O)c2[nH]c3ccc(C(=O)Nc4ccc5c(c4)CCC5)cc3c21. The highest BCUT2D eigenvalue weighted by atomic mass is 16.2. The number of anilines is 1. The fourth-order valence-electron chi connectivity index (χ4n) is 4.33. The maximum absolute atomic E-state index is 12.8. The highest BCUT2D eigenvalue weighted by Crippen LogP contribution is 2.32. The van der Waals surface area contributed by atoms with Gasteiger partial charge >= 0.3 is 0 Å². The predicted molar refractivity (Wildman–Crippen MR) is 105 cm³/mol. The van der Waals surface area contributed by atoms with E-state index in [0.29, 0.717) is 17.8 Å². The van der Waals surface area contributed by atoms with E-state index in [1.807, 2.05) is 18.2 Å². The molecule has 27 heavy (non-hydrogen) atoms. The van der Waals surface area contributed by atoms with Crippen molar-refractivity contribution in [2.45, 2.75) is 32.1 Å². The maximum atomic E-state index is 12.8. The van der Waals surface area contributed by atoms with Crippen LogP contribution >= 0.6 is 0 Å². The van der Waals surface area contributed by atoms with Crippen LogP contribution in [0.2, 0.25) is 0 Å². The van der Waals surface area contributed by atoms with E-state index in [1.54, 1.807) is 6.07 Å². The van der Waals surface area contributed by atoms with E-state index < -0.39 is 0 Å². The molecule has 0 spiro atoms. The molecule has 1 unspecified atom stereocenters. The molecule has 3 N–H and O–H groups in total. The van der Waals surface area contributed by atoms with Crippen molar-refractivity contribution in [1.29, 1.82) is 0 Å². The van der Waals surface area contributed by atoms with Crippen LogP contribution in [0.4, 0.5) is 5.69 Å². The number of aryl methyl sites for hydroxylation is 2. The summed E-state index contributed by atoms with van der Waals surface area (Å²) < 4.78 is 0. The summed E-state index contributed by atoms with van der Waals surface area (Å²) in [6, 6.07) is 11.8. The normalized spacial score (nSPS) is 18.1. The molecule has 2 aromatic carbocycles. The Balaban J connectivity index is 1.49. The number of aromatic amines is 1. The summed E-state index contributed by atoms with van der Waals surface area (Å²) in [6.07, 6.45) is 3.40. The minimum atomic E-state index is -0.127. The molecular weight excluding hydrogens is 338 g/mol. The number of aromatic nitrogens is 1. The Hall–Kier alpha value is -3.08. The molecule has 1 aliphatic heterocycles. The molecular formula is C22H21N3O2. The highest BCUT2D eigenvalue weighted by molar-refractivity contribution is 6.08. The first-order valence-electron chi connectivity index (χ1n) is 9.47. The Labute approximate surface area is 157 Å². The van der Waals surface area contributed by atoms with Crippen molar-refractivity contribution < 1.29 is 9.59 Å². The average molecular weight is 359 g/mol. The average Bonchev–Trinajstić information content (AvgIpc) is 3.28. The Bertz CT molecular complexity index is 1100. The number of rotatable bonds is 2. The van der Waals surface area contributed by atoms with Crippen LogP contribution in [0.25, 0.3) is 10.9 Å². The van der Waals surface area contributed by atoms with Crippen LogP contribution in [0.1, 0.15) is 56.8 Å². The van der Waals surface area contributed by atoms with Crippen LogP contribution in [-0.2, 0) is 12.8 Å². The Kier molecular flexibility index (Phi) is 3.57. The van der Waals surface area contributed by atoms with E-state index in [0.717, 1.165) is 35.0 Å². The molecule has 2 heterocycles. The van der Waals surface area contributed by atoms with Crippen LogP contribution < -0.4 is 10.6 Å². The molecule has 1 aromatic heterocycles. The molecule has 0 fully saturated rings. The number of nitrogens with one attached hydrogen (secondary N) is 3. The number of H-pyrrole nitrogens is 1. The molecule has 1 atom stereocenters. The number of hydrogen-bond acceptors (Lipinski definition) is 2. The monoisotopic (exact) mass is 359 g/mol. The number of amides is 2. The molecule has 3 aromatic rings. The van der Waals surface area contributed by atoms with Gasteiger partial charge in [0.25, 0.3) is 11.8 Å². The zero-order valence-electron chi connectivity index (χ0n) is 15.2. The second kappa shape index (κ2) is 5.98. The quantitative estimate of drug-likeness (QED) is 0.652. The van der Waals surface area contributed by atoms with E-state index in [1.165, 1.54) is 17.5 Å². The van der Waals surface area contributed by atoms with Crippen LogP contribution in [0, 0.1) is 0 Å². The number of hydrogen-bond donors (Lipinski definition) is 3.